The van der Waals surface area contributed by atoms with Gasteiger partial charge in [0, 0.05) is 12.2 Å². The normalized spacial score (nSPS) is 14.9. The Morgan fingerprint density at radius 3 is 2.85 bits per heavy atom. The van der Waals surface area contributed by atoms with Gasteiger partial charge in [0.1, 0.15) is 5.75 Å². The fraction of sp³-hybridized carbons (Fsp3) is 0.562. The van der Waals surface area contributed by atoms with Gasteiger partial charge in [-0.05, 0) is 57.0 Å². The maximum absolute atomic E-state index is 12.8. The molecule has 1 aliphatic heterocycles. The lowest BCUT2D eigenvalue weighted by Crippen LogP contribution is -2.55. The molecule has 4 heteroatoms. The van der Waals surface area contributed by atoms with Crippen molar-refractivity contribution in [3.8, 4) is 5.75 Å². The Labute approximate surface area is 121 Å². The smallest absolute Gasteiger partial charge is 0.246 e. The lowest BCUT2D eigenvalue weighted by molar-refractivity contribution is -0.123. The highest BCUT2D eigenvalue weighted by Gasteiger charge is 2.33. The van der Waals surface area contributed by atoms with Crippen LogP contribution in [-0.4, -0.2) is 31.6 Å². The number of amides is 1. The molecule has 0 atom stereocenters. The first kappa shape index (κ1) is 14.9. The Hall–Kier alpha value is -1.55. The van der Waals surface area contributed by atoms with Gasteiger partial charge < -0.3 is 15.0 Å². The maximum Gasteiger partial charge on any atom is 0.246 e. The van der Waals surface area contributed by atoms with Gasteiger partial charge in [0.05, 0.1) is 12.6 Å². The largest absolute Gasteiger partial charge is 0.497 e. The van der Waals surface area contributed by atoms with Gasteiger partial charge in [-0.15, -0.1) is 0 Å². The minimum absolute atomic E-state index is 0.130. The highest BCUT2D eigenvalue weighted by Crippen LogP contribution is 2.31. The number of nitrogens with one attached hydrogen (secondary N) is 1. The number of hydrogen-bond donors (Lipinski definition) is 1. The predicted octanol–water partition coefficient (Wildman–Crippen LogP) is 2.36. The summed E-state index contributed by atoms with van der Waals surface area (Å²) < 4.78 is 5.27. The average Bonchev–Trinajstić information content (AvgIpc) is 2.45. The van der Waals surface area contributed by atoms with Crippen molar-refractivity contribution in [2.24, 2.45) is 0 Å². The van der Waals surface area contributed by atoms with Crippen LogP contribution in [0.15, 0.2) is 18.2 Å². The third-order valence-corrected chi connectivity index (χ3v) is 3.80. The van der Waals surface area contributed by atoms with E-state index in [9.17, 15) is 4.79 Å². The Kier molecular flexibility index (Phi) is 4.33. The molecule has 0 spiro atoms. The van der Waals surface area contributed by atoms with Crippen molar-refractivity contribution >= 4 is 11.6 Å². The Morgan fingerprint density at radius 1 is 1.45 bits per heavy atom. The molecule has 20 heavy (non-hydrogen) atoms. The highest BCUT2D eigenvalue weighted by atomic mass is 16.5. The summed E-state index contributed by atoms with van der Waals surface area (Å²) in [5.41, 5.74) is 1.67. The van der Waals surface area contributed by atoms with Gasteiger partial charge in [-0.25, -0.2) is 0 Å². The van der Waals surface area contributed by atoms with Gasteiger partial charge in [-0.1, -0.05) is 6.92 Å². The van der Waals surface area contributed by atoms with E-state index in [0.717, 1.165) is 37.4 Å². The van der Waals surface area contributed by atoms with Crippen molar-refractivity contribution in [2.75, 3.05) is 25.1 Å². The van der Waals surface area contributed by atoms with Crippen LogP contribution in [0.5, 0.6) is 5.75 Å². The molecule has 1 heterocycles. The van der Waals surface area contributed by atoms with Crippen molar-refractivity contribution in [1.29, 1.82) is 0 Å². The first-order chi connectivity index (χ1) is 9.49. The van der Waals surface area contributed by atoms with E-state index in [1.807, 2.05) is 43.9 Å². The summed E-state index contributed by atoms with van der Waals surface area (Å²) in [5, 5.41) is 3.26. The molecule has 0 unspecified atom stereocenters. The topological polar surface area (TPSA) is 41.6 Å². The van der Waals surface area contributed by atoms with Gasteiger partial charge in [0.2, 0.25) is 5.91 Å². The average molecular weight is 276 g/mol. The van der Waals surface area contributed by atoms with Gasteiger partial charge >= 0.3 is 0 Å². The molecule has 0 radical (unpaired) electrons. The second kappa shape index (κ2) is 5.83. The fourth-order valence-corrected chi connectivity index (χ4v) is 2.77. The monoisotopic (exact) mass is 276 g/mol. The Morgan fingerprint density at radius 2 is 2.20 bits per heavy atom. The van der Waals surface area contributed by atoms with Crippen LogP contribution in [0.25, 0.3) is 0 Å². The van der Waals surface area contributed by atoms with Crippen LogP contribution in [0.2, 0.25) is 0 Å². The van der Waals surface area contributed by atoms with E-state index in [1.165, 1.54) is 5.56 Å². The molecule has 0 saturated heterocycles. The number of carbonyl (C=O) groups excluding carboxylic acids is 1. The van der Waals surface area contributed by atoms with Crippen molar-refractivity contribution in [3.05, 3.63) is 23.8 Å². The van der Waals surface area contributed by atoms with Crippen LogP contribution in [0, 0.1) is 0 Å². The van der Waals surface area contributed by atoms with Crippen LogP contribution >= 0.6 is 0 Å². The van der Waals surface area contributed by atoms with E-state index in [0.29, 0.717) is 0 Å². The standard InChI is InChI=1S/C16H24N2O2/c1-5-17-16(2,3)15(19)18-10-6-7-12-11-13(20-4)8-9-14(12)18/h8-9,11,17H,5-7,10H2,1-4H3. The van der Waals surface area contributed by atoms with Gasteiger partial charge in [0.25, 0.3) is 0 Å². The summed E-state index contributed by atoms with van der Waals surface area (Å²) in [6, 6.07) is 5.95. The maximum atomic E-state index is 12.8. The molecular weight excluding hydrogens is 252 g/mol. The molecule has 1 aromatic carbocycles. The molecule has 0 fully saturated rings. The molecule has 0 aliphatic carbocycles. The van der Waals surface area contributed by atoms with Crippen LogP contribution in [0.1, 0.15) is 32.8 Å². The van der Waals surface area contributed by atoms with E-state index in [4.69, 9.17) is 4.74 Å². The second-order valence-corrected chi connectivity index (χ2v) is 5.71. The Balaban J connectivity index is 2.30. The van der Waals surface area contributed by atoms with Crippen molar-refractivity contribution in [1.82, 2.24) is 5.32 Å². The molecule has 110 valence electrons. The molecule has 1 aliphatic rings. The Bertz CT molecular complexity index is 497. The molecule has 2 rings (SSSR count). The minimum atomic E-state index is -0.538. The van der Waals surface area contributed by atoms with Crippen LogP contribution < -0.4 is 15.0 Å². The first-order valence-electron chi connectivity index (χ1n) is 7.23. The molecule has 1 aromatic rings. The lowest BCUT2D eigenvalue weighted by Gasteiger charge is -2.36. The summed E-state index contributed by atoms with van der Waals surface area (Å²) in [5.74, 6) is 0.981. The number of likely N-dealkylation sites (N-methyl/N-ethyl adjacent to an activating group) is 1. The number of aryl methyl sites for hydroxylation is 1. The van der Waals surface area contributed by atoms with Crippen LogP contribution in [0.4, 0.5) is 5.69 Å². The second-order valence-electron chi connectivity index (χ2n) is 5.71. The number of anilines is 1. The highest BCUT2D eigenvalue weighted by molar-refractivity contribution is 6.00. The lowest BCUT2D eigenvalue weighted by atomic mass is 9.97. The number of fused-ring (bicyclic) bond motifs is 1. The number of nitrogens with zero attached hydrogens (tertiary/aromatic N) is 1. The number of benzene rings is 1. The van der Waals surface area contributed by atoms with Gasteiger partial charge in [0.15, 0.2) is 0 Å². The zero-order valence-corrected chi connectivity index (χ0v) is 12.8. The van der Waals surface area contributed by atoms with E-state index >= 15 is 0 Å². The van der Waals surface area contributed by atoms with E-state index < -0.39 is 5.54 Å². The summed E-state index contributed by atoms with van der Waals surface area (Å²) in [4.78, 5) is 14.7. The summed E-state index contributed by atoms with van der Waals surface area (Å²) in [6.45, 7) is 7.46. The fourth-order valence-electron chi connectivity index (χ4n) is 2.77. The van der Waals surface area contributed by atoms with E-state index in [1.54, 1.807) is 7.11 Å². The van der Waals surface area contributed by atoms with Crippen LogP contribution in [-0.2, 0) is 11.2 Å². The third-order valence-electron chi connectivity index (χ3n) is 3.80. The van der Waals surface area contributed by atoms with Crippen molar-refractivity contribution in [3.63, 3.8) is 0 Å². The molecular formula is C16H24N2O2. The van der Waals surface area contributed by atoms with Crippen molar-refractivity contribution in [2.45, 2.75) is 39.2 Å². The van der Waals surface area contributed by atoms with Crippen LogP contribution in [0.3, 0.4) is 0 Å². The van der Waals surface area contributed by atoms with E-state index in [-0.39, 0.29) is 5.91 Å². The van der Waals surface area contributed by atoms with Crippen molar-refractivity contribution < 1.29 is 9.53 Å². The predicted molar refractivity (Wildman–Crippen MR) is 81.4 cm³/mol. The SMILES string of the molecule is CCNC(C)(C)C(=O)N1CCCc2cc(OC)ccc21. The number of ether oxygens (including phenoxy) is 1. The number of hydrogen-bond acceptors (Lipinski definition) is 3. The summed E-state index contributed by atoms with van der Waals surface area (Å²) in [6.07, 6.45) is 1.99. The third kappa shape index (κ3) is 2.80. The zero-order chi connectivity index (χ0) is 14.8. The van der Waals surface area contributed by atoms with Gasteiger partial charge in [-0.3, -0.25) is 4.79 Å². The number of rotatable bonds is 4. The molecule has 4 nitrogen and oxygen atoms in total. The molecule has 0 aromatic heterocycles. The van der Waals surface area contributed by atoms with E-state index in [2.05, 4.69) is 5.32 Å². The zero-order valence-electron chi connectivity index (χ0n) is 12.8. The van der Waals surface area contributed by atoms with Gasteiger partial charge in [-0.2, -0.15) is 0 Å². The number of carbonyl (C=O) groups is 1. The molecule has 0 saturated carbocycles. The molecule has 1 amide bonds. The first-order valence-corrected chi connectivity index (χ1v) is 7.23. The number of methoxy groups -OCH3 is 1. The quantitative estimate of drug-likeness (QED) is 0.918. The molecule has 1 N–H and O–H groups in total. The molecule has 0 bridgehead atoms. The summed E-state index contributed by atoms with van der Waals surface area (Å²) >= 11 is 0. The summed E-state index contributed by atoms with van der Waals surface area (Å²) in [7, 11) is 1.67. The minimum Gasteiger partial charge on any atom is -0.497 e.